The number of hydrogen-bond donors (Lipinski definition) is 1. The van der Waals surface area contributed by atoms with Gasteiger partial charge < -0.3 is 4.52 Å². The molecular formula is C31H21F2N5O5S. The summed E-state index contributed by atoms with van der Waals surface area (Å²) in [6, 6.07) is 20.4. The molecule has 0 radical (unpaired) electrons. The molecule has 1 N–H and O–H groups in total. The van der Waals surface area contributed by atoms with E-state index in [1.807, 2.05) is 48.5 Å². The Morgan fingerprint density at radius 2 is 1.64 bits per heavy atom. The Morgan fingerprint density at radius 3 is 2.39 bits per heavy atom. The van der Waals surface area contributed by atoms with Gasteiger partial charge in [0.2, 0.25) is 0 Å². The normalized spacial score (nSPS) is 11.6. The minimum absolute atomic E-state index is 0.122. The van der Waals surface area contributed by atoms with Gasteiger partial charge in [0.1, 0.15) is 16.3 Å². The fourth-order valence-corrected chi connectivity index (χ4v) is 6.35. The second-order valence-corrected chi connectivity index (χ2v) is 11.2. The lowest BCUT2D eigenvalue weighted by Crippen LogP contribution is -2.40. The van der Waals surface area contributed by atoms with E-state index in [1.165, 1.54) is 34.1 Å². The number of H-pyrrole nitrogens is 1. The molecule has 0 saturated heterocycles. The Bertz CT molecular complexity index is 2350. The summed E-state index contributed by atoms with van der Waals surface area (Å²) in [5.74, 6) is -0.850. The molecule has 0 atom stereocenters. The number of halogens is 2. The van der Waals surface area contributed by atoms with E-state index in [2.05, 4.69) is 19.8 Å². The second-order valence-electron chi connectivity index (χ2n) is 10.1. The van der Waals surface area contributed by atoms with Crippen LogP contribution >= 0.6 is 11.3 Å². The van der Waals surface area contributed by atoms with E-state index < -0.39 is 29.5 Å². The zero-order chi connectivity index (χ0) is 30.4. The van der Waals surface area contributed by atoms with E-state index in [4.69, 9.17) is 4.52 Å². The highest BCUT2D eigenvalue weighted by Crippen LogP contribution is 2.30. The van der Waals surface area contributed by atoms with Crippen molar-refractivity contribution in [1.82, 2.24) is 24.4 Å². The third-order valence-electron chi connectivity index (χ3n) is 7.33. The van der Waals surface area contributed by atoms with Gasteiger partial charge in [-0.15, -0.1) is 11.3 Å². The molecule has 0 aliphatic heterocycles. The van der Waals surface area contributed by atoms with Gasteiger partial charge in [0.15, 0.2) is 11.4 Å². The van der Waals surface area contributed by atoms with E-state index >= 15 is 0 Å². The standard InChI is InChI=1S/C31H21F2N5O5S/c32-12-11-20-14-24-28(39)37(16-25-23-10-9-19(33)13-26(23)42-35-25)31(41)38(29(24)44-20)15-17-5-7-18(8-6-17)21-3-1-2-4-22(21)27-34-30(40)43-36-27/h1-10,13-14H,11-12,15-16H2,(H,34,36,40). The smallest absolute Gasteiger partial charge is 0.356 e. The van der Waals surface area contributed by atoms with Crippen LogP contribution in [-0.4, -0.2) is 31.1 Å². The quantitative estimate of drug-likeness (QED) is 0.252. The summed E-state index contributed by atoms with van der Waals surface area (Å²) in [5.41, 5.74) is 2.51. The van der Waals surface area contributed by atoms with Crippen molar-refractivity contribution in [3.63, 3.8) is 0 Å². The van der Waals surface area contributed by atoms with Gasteiger partial charge in [-0.05, 0) is 34.9 Å². The number of aryl methyl sites for hydroxylation is 1. The molecule has 0 aliphatic rings. The molecular weight excluding hydrogens is 592 g/mol. The van der Waals surface area contributed by atoms with Gasteiger partial charge in [0.05, 0.1) is 25.2 Å². The molecule has 220 valence electrons. The molecule has 44 heavy (non-hydrogen) atoms. The number of hydrogen-bond acceptors (Lipinski definition) is 8. The molecule has 10 nitrogen and oxygen atoms in total. The van der Waals surface area contributed by atoms with Gasteiger partial charge in [-0.25, -0.2) is 14.0 Å². The second kappa shape index (κ2) is 11.0. The predicted octanol–water partition coefficient (Wildman–Crippen LogP) is 5.12. The van der Waals surface area contributed by atoms with Gasteiger partial charge in [0, 0.05) is 28.3 Å². The number of rotatable bonds is 8. The SMILES string of the molecule is O=c1[nH]c(-c2ccccc2-c2ccc(Cn3c(=O)n(Cc4noc5cc(F)ccc45)c(=O)c4cc(CCF)sc43)cc2)no1. The number of nitrogens with zero attached hydrogens (tertiary/aromatic N) is 4. The van der Waals surface area contributed by atoms with Crippen molar-refractivity contribution in [3.8, 4) is 22.5 Å². The fraction of sp³-hybridized carbons (Fsp3) is 0.129. The van der Waals surface area contributed by atoms with Crippen LogP contribution in [0.15, 0.2) is 96.2 Å². The molecule has 0 bridgehead atoms. The number of alkyl halides is 1. The molecule has 4 heterocycles. The molecule has 7 aromatic rings. The first kappa shape index (κ1) is 27.4. The average molecular weight is 614 g/mol. The zero-order valence-electron chi connectivity index (χ0n) is 22.8. The third-order valence-corrected chi connectivity index (χ3v) is 8.55. The van der Waals surface area contributed by atoms with Gasteiger partial charge in [0.25, 0.3) is 5.56 Å². The summed E-state index contributed by atoms with van der Waals surface area (Å²) in [5, 5.41) is 8.57. The third kappa shape index (κ3) is 4.86. The van der Waals surface area contributed by atoms with Crippen LogP contribution in [0.3, 0.4) is 0 Å². The van der Waals surface area contributed by atoms with Crippen molar-refractivity contribution < 1.29 is 17.8 Å². The molecule has 0 amide bonds. The number of thiophene rings is 1. The van der Waals surface area contributed by atoms with Gasteiger partial charge >= 0.3 is 11.4 Å². The van der Waals surface area contributed by atoms with Crippen molar-refractivity contribution in [3.05, 3.63) is 126 Å². The summed E-state index contributed by atoms with van der Waals surface area (Å²) in [6.45, 7) is -0.660. The Labute approximate surface area is 249 Å². The summed E-state index contributed by atoms with van der Waals surface area (Å²) in [6.07, 6.45) is 0.122. The number of fused-ring (bicyclic) bond motifs is 2. The molecule has 3 aromatic carbocycles. The molecule has 0 fully saturated rings. The monoisotopic (exact) mass is 613 g/mol. The van der Waals surface area contributed by atoms with Crippen molar-refractivity contribution in [2.24, 2.45) is 0 Å². The van der Waals surface area contributed by atoms with Crippen molar-refractivity contribution in [2.45, 2.75) is 19.5 Å². The van der Waals surface area contributed by atoms with E-state index in [9.17, 15) is 23.2 Å². The van der Waals surface area contributed by atoms with Crippen LogP contribution in [0.2, 0.25) is 0 Å². The highest BCUT2D eigenvalue weighted by molar-refractivity contribution is 7.18. The van der Waals surface area contributed by atoms with Crippen molar-refractivity contribution in [1.29, 1.82) is 0 Å². The maximum atomic E-state index is 13.9. The first-order chi connectivity index (χ1) is 21.4. The summed E-state index contributed by atoms with van der Waals surface area (Å²) < 4.78 is 39.4. The first-order valence-corrected chi connectivity index (χ1v) is 14.3. The average Bonchev–Trinajstić information content (AvgIpc) is 3.76. The van der Waals surface area contributed by atoms with Crippen LogP contribution < -0.4 is 17.0 Å². The minimum Gasteiger partial charge on any atom is -0.356 e. The van der Waals surface area contributed by atoms with Gasteiger partial charge in [-0.2, -0.15) is 0 Å². The fourth-order valence-electron chi connectivity index (χ4n) is 5.23. The van der Waals surface area contributed by atoms with E-state index in [0.717, 1.165) is 21.3 Å². The Morgan fingerprint density at radius 1 is 0.841 bits per heavy atom. The lowest BCUT2D eigenvalue weighted by molar-refractivity contribution is 0.388. The maximum Gasteiger partial charge on any atom is 0.439 e. The van der Waals surface area contributed by atoms with Crippen LogP contribution in [0.25, 0.3) is 43.7 Å². The lowest BCUT2D eigenvalue weighted by atomic mass is 9.98. The van der Waals surface area contributed by atoms with Crippen molar-refractivity contribution in [2.75, 3.05) is 6.67 Å². The molecule has 0 saturated carbocycles. The molecule has 0 unspecified atom stereocenters. The number of benzene rings is 3. The van der Waals surface area contributed by atoms with E-state index in [0.29, 0.717) is 37.6 Å². The molecule has 7 rings (SSSR count). The Hall–Kier alpha value is -5.43. The topological polar surface area (TPSA) is 129 Å². The predicted molar refractivity (Wildman–Crippen MR) is 160 cm³/mol. The van der Waals surface area contributed by atoms with Gasteiger partial charge in [-0.3, -0.25) is 27.8 Å². The van der Waals surface area contributed by atoms with Crippen LogP contribution in [0.1, 0.15) is 16.1 Å². The minimum atomic E-state index is -0.655. The van der Waals surface area contributed by atoms with E-state index in [1.54, 1.807) is 6.07 Å². The van der Waals surface area contributed by atoms with Crippen molar-refractivity contribution >= 4 is 32.5 Å². The summed E-state index contributed by atoms with van der Waals surface area (Å²) in [7, 11) is 0. The van der Waals surface area contributed by atoms with Crippen LogP contribution in [0, 0.1) is 5.82 Å². The van der Waals surface area contributed by atoms with Crippen LogP contribution in [0.5, 0.6) is 0 Å². The molecule has 0 spiro atoms. The number of nitrogens with one attached hydrogen (secondary N) is 1. The summed E-state index contributed by atoms with van der Waals surface area (Å²) in [4.78, 5) is 42.6. The first-order valence-electron chi connectivity index (χ1n) is 13.5. The highest BCUT2D eigenvalue weighted by atomic mass is 32.1. The van der Waals surface area contributed by atoms with Crippen LogP contribution in [0.4, 0.5) is 8.78 Å². The Balaban J connectivity index is 1.29. The molecule has 4 aromatic heterocycles. The van der Waals surface area contributed by atoms with E-state index in [-0.39, 0.29) is 25.1 Å². The largest absolute Gasteiger partial charge is 0.439 e. The zero-order valence-corrected chi connectivity index (χ0v) is 23.6. The number of aromatic amines is 1. The highest BCUT2D eigenvalue weighted by Gasteiger charge is 2.20. The maximum absolute atomic E-state index is 13.9. The van der Waals surface area contributed by atoms with Gasteiger partial charge in [-0.1, -0.05) is 58.8 Å². The molecule has 0 aliphatic carbocycles. The van der Waals surface area contributed by atoms with Crippen LogP contribution in [-0.2, 0) is 19.5 Å². The molecule has 13 heteroatoms. The Kier molecular flexibility index (Phi) is 6.85. The summed E-state index contributed by atoms with van der Waals surface area (Å²) >= 11 is 1.21. The lowest BCUT2D eigenvalue weighted by Gasteiger charge is -2.12. The number of aromatic nitrogens is 5.